The molecule has 0 saturated heterocycles. The summed E-state index contributed by atoms with van der Waals surface area (Å²) in [7, 11) is 0. The van der Waals surface area contributed by atoms with Crippen molar-refractivity contribution in [2.24, 2.45) is 0 Å². The zero-order chi connectivity index (χ0) is 12.3. The van der Waals surface area contributed by atoms with Crippen molar-refractivity contribution in [2.45, 2.75) is 39.3 Å². The number of fused-ring (bicyclic) bond motifs is 1. The van der Waals surface area contributed by atoms with Crippen molar-refractivity contribution in [1.29, 1.82) is 0 Å². The molecule has 1 heterocycles. The van der Waals surface area contributed by atoms with Gasteiger partial charge in [0.1, 0.15) is 0 Å². The van der Waals surface area contributed by atoms with E-state index in [9.17, 15) is 0 Å². The Morgan fingerprint density at radius 3 is 2.59 bits per heavy atom. The highest BCUT2D eigenvalue weighted by Gasteiger charge is 2.16. The van der Waals surface area contributed by atoms with E-state index < -0.39 is 0 Å². The molecule has 0 aromatic heterocycles. The van der Waals surface area contributed by atoms with Gasteiger partial charge >= 0.3 is 0 Å². The van der Waals surface area contributed by atoms with Crippen LogP contribution < -0.4 is 0 Å². The average Bonchev–Trinajstić information content (AvgIpc) is 2.27. The normalized spacial score (nSPS) is 16.9. The molecule has 0 fully saturated rings. The van der Waals surface area contributed by atoms with Crippen LogP contribution >= 0.6 is 0 Å². The highest BCUT2D eigenvalue weighted by atomic mass is 16.5. The highest BCUT2D eigenvalue weighted by molar-refractivity contribution is 5.28. The lowest BCUT2D eigenvalue weighted by atomic mass is 10.0. The molecule has 0 radical (unpaired) electrons. The Labute approximate surface area is 105 Å². The van der Waals surface area contributed by atoms with Crippen LogP contribution in [-0.2, 0) is 17.7 Å². The van der Waals surface area contributed by atoms with E-state index in [0.29, 0.717) is 0 Å². The first-order chi connectivity index (χ1) is 8.04. The lowest BCUT2D eigenvalue weighted by molar-refractivity contribution is -0.0144. The van der Waals surface area contributed by atoms with Crippen LogP contribution in [0.1, 0.15) is 31.9 Å². The number of hydrogen-bond acceptors (Lipinski definition) is 2. The van der Waals surface area contributed by atoms with Crippen molar-refractivity contribution in [3.8, 4) is 0 Å². The van der Waals surface area contributed by atoms with Crippen molar-refractivity contribution in [3.63, 3.8) is 0 Å². The molecule has 2 nitrogen and oxygen atoms in total. The van der Waals surface area contributed by atoms with E-state index in [0.717, 1.165) is 26.2 Å². The van der Waals surface area contributed by atoms with Gasteiger partial charge in [-0.05, 0) is 38.3 Å². The van der Waals surface area contributed by atoms with Crippen molar-refractivity contribution in [1.82, 2.24) is 4.90 Å². The zero-order valence-electron chi connectivity index (χ0n) is 11.2. The Morgan fingerprint density at radius 1 is 1.18 bits per heavy atom. The molecule has 0 aliphatic carbocycles. The van der Waals surface area contributed by atoms with Gasteiger partial charge in [0.25, 0.3) is 0 Å². The first-order valence-electron chi connectivity index (χ1n) is 6.48. The summed E-state index contributed by atoms with van der Waals surface area (Å²) < 4.78 is 5.78. The average molecular weight is 233 g/mol. The molecule has 0 unspecified atom stereocenters. The van der Waals surface area contributed by atoms with Crippen molar-refractivity contribution in [3.05, 3.63) is 35.4 Å². The maximum Gasteiger partial charge on any atom is 0.0600 e. The molecular weight excluding hydrogens is 210 g/mol. The van der Waals surface area contributed by atoms with Crippen molar-refractivity contribution < 1.29 is 4.74 Å². The fourth-order valence-electron chi connectivity index (χ4n) is 2.23. The third-order valence-electron chi connectivity index (χ3n) is 3.15. The van der Waals surface area contributed by atoms with Crippen LogP contribution in [0.4, 0.5) is 0 Å². The van der Waals surface area contributed by atoms with Gasteiger partial charge in [0, 0.05) is 19.6 Å². The van der Waals surface area contributed by atoms with E-state index in [1.807, 2.05) is 0 Å². The maximum atomic E-state index is 5.78. The Morgan fingerprint density at radius 2 is 1.88 bits per heavy atom. The predicted octanol–water partition coefficient (Wildman–Crippen LogP) is 2.86. The lowest BCUT2D eigenvalue weighted by Gasteiger charge is -2.29. The number of benzene rings is 1. The SMILES string of the molecule is CC(C)(C)OCCN1CCc2ccccc2C1. The van der Waals surface area contributed by atoms with Gasteiger partial charge in [0.15, 0.2) is 0 Å². The summed E-state index contributed by atoms with van der Waals surface area (Å²) in [5.41, 5.74) is 2.98. The van der Waals surface area contributed by atoms with Gasteiger partial charge in [0.2, 0.25) is 0 Å². The van der Waals surface area contributed by atoms with Crippen LogP contribution in [0.15, 0.2) is 24.3 Å². The molecule has 2 rings (SSSR count). The summed E-state index contributed by atoms with van der Waals surface area (Å²) in [5.74, 6) is 0. The summed E-state index contributed by atoms with van der Waals surface area (Å²) in [6.07, 6.45) is 1.17. The summed E-state index contributed by atoms with van der Waals surface area (Å²) in [5, 5.41) is 0. The van der Waals surface area contributed by atoms with Gasteiger partial charge in [-0.3, -0.25) is 4.90 Å². The second-order valence-corrected chi connectivity index (χ2v) is 5.76. The molecule has 1 aliphatic heterocycles. The molecule has 0 N–H and O–H groups in total. The van der Waals surface area contributed by atoms with E-state index in [2.05, 4.69) is 49.9 Å². The Bertz CT molecular complexity index is 367. The first kappa shape index (κ1) is 12.6. The fraction of sp³-hybridized carbons (Fsp3) is 0.600. The third-order valence-corrected chi connectivity index (χ3v) is 3.15. The van der Waals surface area contributed by atoms with Crippen LogP contribution in [0, 0.1) is 0 Å². The smallest absolute Gasteiger partial charge is 0.0600 e. The number of nitrogens with zero attached hydrogens (tertiary/aromatic N) is 1. The van der Waals surface area contributed by atoms with E-state index in [-0.39, 0.29) is 5.60 Å². The molecule has 1 aromatic carbocycles. The van der Waals surface area contributed by atoms with Crippen molar-refractivity contribution >= 4 is 0 Å². The minimum Gasteiger partial charge on any atom is -0.375 e. The zero-order valence-corrected chi connectivity index (χ0v) is 11.2. The third kappa shape index (κ3) is 3.83. The molecular formula is C15H23NO. The minimum absolute atomic E-state index is 0.0201. The highest BCUT2D eigenvalue weighted by Crippen LogP contribution is 2.18. The van der Waals surface area contributed by atoms with Crippen LogP contribution in [0.2, 0.25) is 0 Å². The summed E-state index contributed by atoms with van der Waals surface area (Å²) >= 11 is 0. The standard InChI is InChI=1S/C15H23NO/c1-15(2,3)17-11-10-16-9-8-13-6-4-5-7-14(13)12-16/h4-7H,8-12H2,1-3H3. The van der Waals surface area contributed by atoms with E-state index in [1.165, 1.54) is 17.5 Å². The molecule has 0 spiro atoms. The Kier molecular flexibility index (Phi) is 3.85. The van der Waals surface area contributed by atoms with Gasteiger partial charge in [-0.1, -0.05) is 24.3 Å². The quantitative estimate of drug-likeness (QED) is 0.796. The van der Waals surface area contributed by atoms with Crippen LogP contribution in [0.25, 0.3) is 0 Å². The van der Waals surface area contributed by atoms with E-state index >= 15 is 0 Å². The summed E-state index contributed by atoms with van der Waals surface area (Å²) in [6.45, 7) is 10.4. The van der Waals surface area contributed by atoms with Gasteiger partial charge in [-0.2, -0.15) is 0 Å². The molecule has 0 bridgehead atoms. The predicted molar refractivity (Wildman–Crippen MR) is 71.1 cm³/mol. The molecule has 1 aliphatic rings. The number of rotatable bonds is 3. The van der Waals surface area contributed by atoms with Crippen LogP contribution in [0.3, 0.4) is 0 Å². The summed E-state index contributed by atoms with van der Waals surface area (Å²) in [6, 6.07) is 8.76. The van der Waals surface area contributed by atoms with Gasteiger partial charge in [-0.15, -0.1) is 0 Å². The molecule has 2 heteroatoms. The molecule has 94 valence electrons. The maximum absolute atomic E-state index is 5.78. The second kappa shape index (κ2) is 5.19. The minimum atomic E-state index is -0.0201. The van der Waals surface area contributed by atoms with Crippen LogP contribution in [0.5, 0.6) is 0 Å². The number of ether oxygens (including phenoxy) is 1. The monoisotopic (exact) mass is 233 g/mol. The molecule has 1 aromatic rings. The largest absolute Gasteiger partial charge is 0.375 e. The Hall–Kier alpha value is -0.860. The molecule has 0 saturated carbocycles. The summed E-state index contributed by atoms with van der Waals surface area (Å²) in [4.78, 5) is 2.48. The van der Waals surface area contributed by atoms with Crippen LogP contribution in [-0.4, -0.2) is 30.2 Å². The molecule has 0 amide bonds. The van der Waals surface area contributed by atoms with E-state index in [1.54, 1.807) is 0 Å². The van der Waals surface area contributed by atoms with Gasteiger partial charge in [0.05, 0.1) is 12.2 Å². The topological polar surface area (TPSA) is 12.5 Å². The first-order valence-corrected chi connectivity index (χ1v) is 6.48. The Balaban J connectivity index is 1.82. The second-order valence-electron chi connectivity index (χ2n) is 5.76. The molecule has 0 atom stereocenters. The fourth-order valence-corrected chi connectivity index (χ4v) is 2.23. The van der Waals surface area contributed by atoms with Crippen molar-refractivity contribution in [2.75, 3.05) is 19.7 Å². The lowest BCUT2D eigenvalue weighted by Crippen LogP contribution is -2.34. The van der Waals surface area contributed by atoms with E-state index in [4.69, 9.17) is 4.74 Å². The van der Waals surface area contributed by atoms with Gasteiger partial charge < -0.3 is 4.74 Å². The van der Waals surface area contributed by atoms with Gasteiger partial charge in [-0.25, -0.2) is 0 Å². The number of hydrogen-bond donors (Lipinski definition) is 0. The molecule has 17 heavy (non-hydrogen) atoms.